The highest BCUT2D eigenvalue weighted by molar-refractivity contribution is 5.28. The molecule has 156 valence electrons. The van der Waals surface area contributed by atoms with Crippen molar-refractivity contribution in [3.8, 4) is 5.75 Å². The first-order valence-electron chi connectivity index (χ1n) is 11.8. The molecule has 0 saturated heterocycles. The molecule has 0 aliphatic heterocycles. The van der Waals surface area contributed by atoms with Crippen molar-refractivity contribution in [3.63, 3.8) is 0 Å². The van der Waals surface area contributed by atoms with Crippen LogP contribution in [0.25, 0.3) is 0 Å². The third-order valence-corrected chi connectivity index (χ3v) is 5.49. The number of benzene rings is 1. The minimum atomic E-state index is 0.136. The minimum absolute atomic E-state index is 0.136. The zero-order chi connectivity index (χ0) is 19.6. The maximum Gasteiger partial charge on any atom is 0.120 e. The Morgan fingerprint density at radius 1 is 0.778 bits per heavy atom. The maximum absolute atomic E-state index is 5.95. The van der Waals surface area contributed by atoms with E-state index in [0.717, 1.165) is 18.6 Å². The Hall–Kier alpha value is -1.02. The van der Waals surface area contributed by atoms with Crippen molar-refractivity contribution in [2.24, 2.45) is 5.73 Å². The normalized spacial score (nSPS) is 12.3. The van der Waals surface area contributed by atoms with Crippen LogP contribution in [0, 0.1) is 0 Å². The average molecular weight is 376 g/mol. The molecule has 0 aromatic heterocycles. The van der Waals surface area contributed by atoms with Crippen LogP contribution in [0.1, 0.15) is 109 Å². The summed E-state index contributed by atoms with van der Waals surface area (Å²) in [5, 5.41) is 0. The van der Waals surface area contributed by atoms with E-state index in [4.69, 9.17) is 10.5 Å². The van der Waals surface area contributed by atoms with Gasteiger partial charge in [-0.15, -0.1) is 0 Å². The van der Waals surface area contributed by atoms with E-state index in [9.17, 15) is 0 Å². The lowest BCUT2D eigenvalue weighted by Gasteiger charge is -2.16. The Kier molecular flexibility index (Phi) is 15.2. The summed E-state index contributed by atoms with van der Waals surface area (Å²) in [7, 11) is 0. The number of ether oxygens (including phenoxy) is 1. The van der Waals surface area contributed by atoms with Crippen molar-refractivity contribution in [2.45, 2.75) is 116 Å². The Morgan fingerprint density at radius 2 is 1.33 bits per heavy atom. The van der Waals surface area contributed by atoms with Crippen LogP contribution in [0.15, 0.2) is 24.3 Å². The van der Waals surface area contributed by atoms with Gasteiger partial charge in [0.1, 0.15) is 11.9 Å². The van der Waals surface area contributed by atoms with E-state index in [1.165, 1.54) is 89.0 Å². The number of hydrogen-bond donors (Lipinski definition) is 1. The van der Waals surface area contributed by atoms with Crippen LogP contribution in [0.2, 0.25) is 0 Å². The number of hydrogen-bond acceptors (Lipinski definition) is 2. The quantitative estimate of drug-likeness (QED) is 0.271. The minimum Gasteiger partial charge on any atom is -0.489 e. The number of rotatable bonds is 18. The van der Waals surface area contributed by atoms with Gasteiger partial charge < -0.3 is 10.5 Å². The molecule has 0 aliphatic carbocycles. The van der Waals surface area contributed by atoms with Crippen molar-refractivity contribution in [3.05, 3.63) is 29.8 Å². The van der Waals surface area contributed by atoms with E-state index in [0.29, 0.717) is 6.54 Å². The van der Waals surface area contributed by atoms with E-state index in [1.807, 2.05) is 6.07 Å². The van der Waals surface area contributed by atoms with Crippen LogP contribution in [0.4, 0.5) is 0 Å². The van der Waals surface area contributed by atoms with Crippen molar-refractivity contribution in [2.75, 3.05) is 6.54 Å². The van der Waals surface area contributed by atoms with Gasteiger partial charge in [-0.05, 0) is 37.0 Å². The van der Waals surface area contributed by atoms with Gasteiger partial charge in [-0.3, -0.25) is 0 Å². The van der Waals surface area contributed by atoms with E-state index >= 15 is 0 Å². The van der Waals surface area contributed by atoms with Gasteiger partial charge >= 0.3 is 0 Å². The highest BCUT2D eigenvalue weighted by Crippen LogP contribution is 2.18. The fraction of sp³-hybridized carbons (Fsp3) is 0.760. The SMILES string of the molecule is CCCCCCCCCCCCCCCc1cccc(OC(CC)CN)c1. The largest absolute Gasteiger partial charge is 0.489 e. The van der Waals surface area contributed by atoms with Gasteiger partial charge in [-0.2, -0.15) is 0 Å². The van der Waals surface area contributed by atoms with Crippen molar-refractivity contribution in [1.29, 1.82) is 0 Å². The Labute approximate surface area is 169 Å². The van der Waals surface area contributed by atoms with Crippen molar-refractivity contribution < 1.29 is 4.74 Å². The van der Waals surface area contributed by atoms with Crippen LogP contribution in [0.5, 0.6) is 5.75 Å². The molecule has 1 aromatic rings. The molecule has 0 aliphatic rings. The summed E-state index contributed by atoms with van der Waals surface area (Å²) >= 11 is 0. The lowest BCUT2D eigenvalue weighted by atomic mass is 10.0. The average Bonchev–Trinajstić information content (AvgIpc) is 2.70. The summed E-state index contributed by atoms with van der Waals surface area (Å²) in [4.78, 5) is 0. The topological polar surface area (TPSA) is 35.2 Å². The molecule has 0 saturated carbocycles. The molecule has 2 N–H and O–H groups in total. The fourth-order valence-electron chi connectivity index (χ4n) is 3.61. The molecule has 1 aromatic carbocycles. The predicted molar refractivity (Wildman–Crippen MR) is 120 cm³/mol. The standard InChI is InChI=1S/C25H45NO/c1-3-5-6-7-8-9-10-11-12-13-14-15-16-18-23-19-17-20-25(21-23)27-24(4-2)22-26/h17,19-21,24H,3-16,18,22,26H2,1-2H3. The summed E-state index contributed by atoms with van der Waals surface area (Å²) < 4.78 is 5.95. The first kappa shape index (κ1) is 24.0. The molecule has 1 atom stereocenters. The molecule has 0 fully saturated rings. The zero-order valence-corrected chi connectivity index (χ0v) is 18.2. The Balaban J connectivity index is 1.99. The summed E-state index contributed by atoms with van der Waals surface area (Å²) in [5.41, 5.74) is 7.12. The first-order chi connectivity index (χ1) is 13.3. The molecule has 0 bridgehead atoms. The van der Waals surface area contributed by atoms with Crippen LogP contribution in [-0.4, -0.2) is 12.6 Å². The second-order valence-corrected chi connectivity index (χ2v) is 8.02. The molecule has 27 heavy (non-hydrogen) atoms. The molecule has 0 amide bonds. The molecule has 0 spiro atoms. The van der Waals surface area contributed by atoms with Gasteiger partial charge in [0, 0.05) is 6.54 Å². The molecular formula is C25H45NO. The predicted octanol–water partition coefficient (Wildman–Crippen LogP) is 7.44. The monoisotopic (exact) mass is 375 g/mol. The van der Waals surface area contributed by atoms with Gasteiger partial charge in [0.25, 0.3) is 0 Å². The van der Waals surface area contributed by atoms with E-state index in [2.05, 4.69) is 32.0 Å². The molecule has 1 rings (SSSR count). The molecule has 0 radical (unpaired) electrons. The summed E-state index contributed by atoms with van der Waals surface area (Å²) in [6, 6.07) is 8.57. The van der Waals surface area contributed by atoms with Crippen molar-refractivity contribution in [1.82, 2.24) is 0 Å². The molecule has 2 heteroatoms. The summed E-state index contributed by atoms with van der Waals surface area (Å²) in [5.74, 6) is 0.972. The molecule has 2 nitrogen and oxygen atoms in total. The number of aryl methyl sites for hydroxylation is 1. The third kappa shape index (κ3) is 12.9. The number of unbranched alkanes of at least 4 members (excludes halogenated alkanes) is 12. The van der Waals surface area contributed by atoms with Gasteiger partial charge in [-0.1, -0.05) is 103 Å². The van der Waals surface area contributed by atoms with E-state index in [-0.39, 0.29) is 6.10 Å². The second-order valence-electron chi connectivity index (χ2n) is 8.02. The Morgan fingerprint density at radius 3 is 1.85 bits per heavy atom. The number of nitrogens with two attached hydrogens (primary N) is 1. The second kappa shape index (κ2) is 17.1. The van der Waals surface area contributed by atoms with Crippen LogP contribution < -0.4 is 10.5 Å². The lowest BCUT2D eigenvalue weighted by Crippen LogP contribution is -2.25. The van der Waals surface area contributed by atoms with E-state index in [1.54, 1.807) is 0 Å². The summed E-state index contributed by atoms with van der Waals surface area (Å²) in [6.07, 6.45) is 20.6. The van der Waals surface area contributed by atoms with E-state index < -0.39 is 0 Å². The lowest BCUT2D eigenvalue weighted by molar-refractivity contribution is 0.205. The molecule has 1 unspecified atom stereocenters. The molecule has 0 heterocycles. The maximum atomic E-state index is 5.95. The third-order valence-electron chi connectivity index (χ3n) is 5.49. The van der Waals surface area contributed by atoms with Crippen LogP contribution >= 0.6 is 0 Å². The first-order valence-corrected chi connectivity index (χ1v) is 11.8. The summed E-state index contributed by atoms with van der Waals surface area (Å²) in [6.45, 7) is 4.99. The smallest absolute Gasteiger partial charge is 0.120 e. The van der Waals surface area contributed by atoms with Gasteiger partial charge in [0.15, 0.2) is 0 Å². The van der Waals surface area contributed by atoms with Gasteiger partial charge in [0.05, 0.1) is 0 Å². The van der Waals surface area contributed by atoms with Gasteiger partial charge in [0.2, 0.25) is 0 Å². The molecular weight excluding hydrogens is 330 g/mol. The van der Waals surface area contributed by atoms with Crippen LogP contribution in [0.3, 0.4) is 0 Å². The Bertz CT molecular complexity index is 442. The highest BCUT2D eigenvalue weighted by atomic mass is 16.5. The fourth-order valence-corrected chi connectivity index (χ4v) is 3.61. The van der Waals surface area contributed by atoms with Gasteiger partial charge in [-0.25, -0.2) is 0 Å². The van der Waals surface area contributed by atoms with Crippen molar-refractivity contribution >= 4 is 0 Å². The van der Waals surface area contributed by atoms with Crippen LogP contribution in [-0.2, 0) is 6.42 Å². The zero-order valence-electron chi connectivity index (χ0n) is 18.2. The highest BCUT2D eigenvalue weighted by Gasteiger charge is 2.05.